The van der Waals surface area contributed by atoms with Crippen LogP contribution in [0.1, 0.15) is 16.8 Å². The number of para-hydroxylation sites is 1. The van der Waals surface area contributed by atoms with Crippen molar-refractivity contribution in [3.63, 3.8) is 0 Å². The third-order valence-electron chi connectivity index (χ3n) is 2.48. The van der Waals surface area contributed by atoms with Gasteiger partial charge in [0.1, 0.15) is 6.61 Å². The summed E-state index contributed by atoms with van der Waals surface area (Å²) in [6, 6.07) is 4.54. The first kappa shape index (κ1) is 17.9. The van der Waals surface area contributed by atoms with Gasteiger partial charge < -0.3 is 19.3 Å². The number of carboxylic acid groups (broad SMARTS) is 1. The van der Waals surface area contributed by atoms with Crippen LogP contribution in [0.25, 0.3) is 0 Å². The minimum Gasteiger partial charge on any atom is -0.493 e. The van der Waals surface area contributed by atoms with Gasteiger partial charge in [0.2, 0.25) is 0 Å². The maximum atomic E-state index is 11.7. The van der Waals surface area contributed by atoms with Gasteiger partial charge in [-0.1, -0.05) is 6.07 Å². The van der Waals surface area contributed by atoms with Crippen LogP contribution < -0.4 is 9.47 Å². The Bertz CT molecular complexity index is 632. The summed E-state index contributed by atoms with van der Waals surface area (Å²) in [5.74, 6) is -2.74. The Morgan fingerprint density at radius 3 is 2.57 bits per heavy atom. The molecule has 0 heterocycles. The van der Waals surface area contributed by atoms with Crippen LogP contribution in [-0.2, 0) is 19.1 Å². The molecular formula is C15H14O8. The summed E-state index contributed by atoms with van der Waals surface area (Å²) in [5.41, 5.74) is 0.138. The van der Waals surface area contributed by atoms with Gasteiger partial charge in [-0.15, -0.1) is 0 Å². The van der Waals surface area contributed by atoms with Gasteiger partial charge in [-0.05, 0) is 12.1 Å². The summed E-state index contributed by atoms with van der Waals surface area (Å²) < 4.78 is 14.7. The van der Waals surface area contributed by atoms with Crippen LogP contribution in [0, 0.1) is 0 Å². The van der Waals surface area contributed by atoms with Gasteiger partial charge in [-0.3, -0.25) is 9.59 Å². The second kappa shape index (κ2) is 8.98. The lowest BCUT2D eigenvalue weighted by molar-refractivity contribution is -0.142. The van der Waals surface area contributed by atoms with Crippen LogP contribution in [-0.4, -0.2) is 43.0 Å². The van der Waals surface area contributed by atoms with E-state index >= 15 is 0 Å². The van der Waals surface area contributed by atoms with Gasteiger partial charge in [0.05, 0.1) is 19.1 Å². The van der Waals surface area contributed by atoms with Crippen molar-refractivity contribution in [3.8, 4) is 11.5 Å². The predicted molar refractivity (Wildman–Crippen MR) is 76.4 cm³/mol. The third kappa shape index (κ3) is 6.00. The number of benzene rings is 1. The molecule has 8 heteroatoms. The Kier molecular flexibility index (Phi) is 6.99. The standard InChI is InChI=1S/C15H14O8/c1-21-11-4-2-3-10(9-16)15(11)23-14(20)7-8-22-13(19)6-5-12(17)18/h2-6,9H,7-8H2,1H3,(H,17,18)/b6-5+. The highest BCUT2D eigenvalue weighted by atomic mass is 16.6. The van der Waals surface area contributed by atoms with Crippen molar-refractivity contribution in [2.75, 3.05) is 13.7 Å². The van der Waals surface area contributed by atoms with Gasteiger partial charge in [0.15, 0.2) is 17.8 Å². The van der Waals surface area contributed by atoms with Crippen molar-refractivity contribution in [1.82, 2.24) is 0 Å². The Morgan fingerprint density at radius 2 is 1.96 bits per heavy atom. The average molecular weight is 322 g/mol. The van der Waals surface area contributed by atoms with E-state index < -0.39 is 17.9 Å². The van der Waals surface area contributed by atoms with E-state index in [1.54, 1.807) is 6.07 Å². The van der Waals surface area contributed by atoms with Crippen LogP contribution in [0.2, 0.25) is 0 Å². The second-order valence-corrected chi connectivity index (χ2v) is 4.06. The maximum Gasteiger partial charge on any atom is 0.331 e. The van der Waals surface area contributed by atoms with E-state index in [9.17, 15) is 19.2 Å². The molecule has 0 saturated heterocycles. The van der Waals surface area contributed by atoms with E-state index in [1.807, 2.05) is 0 Å². The zero-order valence-corrected chi connectivity index (χ0v) is 12.2. The molecule has 0 fully saturated rings. The third-order valence-corrected chi connectivity index (χ3v) is 2.48. The fourth-order valence-corrected chi connectivity index (χ4v) is 1.48. The number of ether oxygens (including phenoxy) is 3. The highest BCUT2D eigenvalue weighted by Gasteiger charge is 2.15. The number of aliphatic carboxylic acids is 1. The molecule has 1 rings (SSSR count). The number of hydrogen-bond donors (Lipinski definition) is 1. The van der Waals surface area contributed by atoms with E-state index in [4.69, 9.17) is 14.6 Å². The molecule has 122 valence electrons. The smallest absolute Gasteiger partial charge is 0.331 e. The van der Waals surface area contributed by atoms with Crippen LogP contribution in [0.4, 0.5) is 0 Å². The molecular weight excluding hydrogens is 308 g/mol. The molecule has 0 saturated carbocycles. The molecule has 8 nitrogen and oxygen atoms in total. The highest BCUT2D eigenvalue weighted by Crippen LogP contribution is 2.30. The first-order chi connectivity index (χ1) is 11.0. The predicted octanol–water partition coefficient (Wildman–Crippen LogP) is 0.987. The van der Waals surface area contributed by atoms with E-state index in [0.29, 0.717) is 12.4 Å². The van der Waals surface area contributed by atoms with E-state index in [1.165, 1.54) is 19.2 Å². The number of carbonyl (C=O) groups excluding carboxylic acids is 3. The van der Waals surface area contributed by atoms with Gasteiger partial charge in [0.25, 0.3) is 0 Å². The molecule has 0 atom stereocenters. The van der Waals surface area contributed by atoms with Crippen molar-refractivity contribution < 1.29 is 38.5 Å². The highest BCUT2D eigenvalue weighted by molar-refractivity contribution is 5.90. The van der Waals surface area contributed by atoms with Crippen LogP contribution in [0.15, 0.2) is 30.4 Å². The number of carboxylic acids is 1. The molecule has 0 unspecified atom stereocenters. The zero-order chi connectivity index (χ0) is 17.2. The average Bonchev–Trinajstić information content (AvgIpc) is 2.53. The van der Waals surface area contributed by atoms with E-state index in [0.717, 1.165) is 6.08 Å². The summed E-state index contributed by atoms with van der Waals surface area (Å²) in [7, 11) is 1.36. The maximum absolute atomic E-state index is 11.7. The number of hydrogen-bond acceptors (Lipinski definition) is 7. The molecule has 1 aromatic rings. The molecule has 0 aliphatic heterocycles. The van der Waals surface area contributed by atoms with Crippen molar-refractivity contribution in [1.29, 1.82) is 0 Å². The topological polar surface area (TPSA) is 116 Å². The summed E-state index contributed by atoms with van der Waals surface area (Å²) in [4.78, 5) is 43.9. The second-order valence-electron chi connectivity index (χ2n) is 4.06. The lowest BCUT2D eigenvalue weighted by atomic mass is 10.2. The lowest BCUT2D eigenvalue weighted by Gasteiger charge is -2.10. The monoisotopic (exact) mass is 322 g/mol. The molecule has 1 aromatic carbocycles. The molecule has 23 heavy (non-hydrogen) atoms. The molecule has 1 N–H and O–H groups in total. The quantitative estimate of drug-likeness (QED) is 0.326. The largest absolute Gasteiger partial charge is 0.493 e. The number of rotatable bonds is 8. The van der Waals surface area contributed by atoms with Crippen molar-refractivity contribution in [3.05, 3.63) is 35.9 Å². The van der Waals surface area contributed by atoms with Gasteiger partial charge in [-0.2, -0.15) is 0 Å². The Labute approximate surface area is 131 Å². The van der Waals surface area contributed by atoms with Crippen molar-refractivity contribution in [2.45, 2.75) is 6.42 Å². The van der Waals surface area contributed by atoms with Gasteiger partial charge in [-0.25, -0.2) is 9.59 Å². The number of carbonyl (C=O) groups is 4. The van der Waals surface area contributed by atoms with Gasteiger partial charge >= 0.3 is 17.9 Å². The Balaban J connectivity index is 2.56. The summed E-state index contributed by atoms with van der Waals surface area (Å²) in [5, 5.41) is 8.33. The fourth-order valence-electron chi connectivity index (χ4n) is 1.48. The lowest BCUT2D eigenvalue weighted by Crippen LogP contribution is -2.14. The molecule has 0 aromatic heterocycles. The Morgan fingerprint density at radius 1 is 1.22 bits per heavy atom. The summed E-state index contributed by atoms with van der Waals surface area (Å²) in [6.45, 7) is -0.298. The number of aldehydes is 1. The van der Waals surface area contributed by atoms with Crippen LogP contribution in [0.3, 0.4) is 0 Å². The minimum atomic E-state index is -1.29. The van der Waals surface area contributed by atoms with Gasteiger partial charge in [0, 0.05) is 12.2 Å². The summed E-state index contributed by atoms with van der Waals surface area (Å²) >= 11 is 0. The minimum absolute atomic E-state index is 0.0212. The molecule has 0 aliphatic carbocycles. The van der Waals surface area contributed by atoms with E-state index in [2.05, 4.69) is 4.74 Å². The Hall–Kier alpha value is -3.16. The first-order valence-electron chi connectivity index (χ1n) is 6.38. The SMILES string of the molecule is COc1cccc(C=O)c1OC(=O)CCOC(=O)/C=C/C(=O)O. The molecule has 0 spiro atoms. The first-order valence-corrected chi connectivity index (χ1v) is 6.38. The van der Waals surface area contributed by atoms with Crippen molar-refractivity contribution in [2.24, 2.45) is 0 Å². The fraction of sp³-hybridized carbons (Fsp3) is 0.200. The molecule has 0 bridgehead atoms. The number of methoxy groups -OCH3 is 1. The number of esters is 2. The zero-order valence-electron chi connectivity index (χ0n) is 12.2. The van der Waals surface area contributed by atoms with Crippen LogP contribution >= 0.6 is 0 Å². The van der Waals surface area contributed by atoms with Crippen LogP contribution in [0.5, 0.6) is 11.5 Å². The van der Waals surface area contributed by atoms with E-state index in [-0.39, 0.29) is 30.1 Å². The summed E-state index contributed by atoms with van der Waals surface area (Å²) in [6.07, 6.45) is 1.58. The molecule has 0 amide bonds. The molecule has 0 aliphatic rings. The normalized spacial score (nSPS) is 10.1. The molecule has 0 radical (unpaired) electrons. The van der Waals surface area contributed by atoms with Crippen molar-refractivity contribution >= 4 is 24.2 Å².